The maximum atomic E-state index is 12.7. The number of anilines is 1. The summed E-state index contributed by atoms with van der Waals surface area (Å²) < 4.78 is 33.3. The maximum Gasteiger partial charge on any atom is 0.220 e. The van der Waals surface area contributed by atoms with Gasteiger partial charge in [-0.3, -0.25) is 0 Å². The van der Waals surface area contributed by atoms with Crippen LogP contribution in [0, 0.1) is 0 Å². The minimum Gasteiger partial charge on any atom is -0.457 e. The molecule has 1 aromatic heterocycles. The minimum atomic E-state index is -3.95. The van der Waals surface area contributed by atoms with Crippen molar-refractivity contribution >= 4 is 49.9 Å². The van der Waals surface area contributed by atoms with Crippen molar-refractivity contribution < 1.29 is 17.9 Å². The van der Waals surface area contributed by atoms with Crippen LogP contribution in [0.15, 0.2) is 46.9 Å². The Hall–Kier alpha value is -1.77. The lowest BCUT2D eigenvalue weighted by molar-refractivity contribution is 0.141. The van der Waals surface area contributed by atoms with Crippen molar-refractivity contribution in [1.82, 2.24) is 4.72 Å². The van der Waals surface area contributed by atoms with Crippen molar-refractivity contribution in [2.75, 3.05) is 19.0 Å². The second-order valence-corrected chi connectivity index (χ2v) is 9.52. The van der Waals surface area contributed by atoms with Gasteiger partial charge in [0.25, 0.3) is 0 Å². The lowest BCUT2D eigenvalue weighted by atomic mass is 10.2. The van der Waals surface area contributed by atoms with Gasteiger partial charge in [0.05, 0.1) is 5.25 Å². The summed E-state index contributed by atoms with van der Waals surface area (Å²) in [7, 11) is -0.151. The highest BCUT2D eigenvalue weighted by molar-refractivity contribution is 7.89. The standard InChI is InChI=1S/C19H20Cl2N2O4S/c1-11(15-7-5-13(20)9-16(15)21)28(25,26)22-19(24)18-8-12-4-6-14(23(2)3)10-17(12)27-18/h4-11,19,22,24H,1-3H3. The molecule has 0 saturated heterocycles. The molecule has 2 unspecified atom stereocenters. The number of nitrogens with zero attached hydrogens (tertiary/aromatic N) is 1. The largest absolute Gasteiger partial charge is 0.457 e. The average Bonchev–Trinajstić information content (AvgIpc) is 3.04. The first-order valence-corrected chi connectivity index (χ1v) is 10.7. The molecule has 0 aliphatic rings. The number of hydrogen-bond acceptors (Lipinski definition) is 5. The highest BCUT2D eigenvalue weighted by atomic mass is 35.5. The summed E-state index contributed by atoms with van der Waals surface area (Å²) in [5, 5.41) is 10.8. The quantitative estimate of drug-likeness (QED) is 0.549. The molecule has 1 heterocycles. The summed E-state index contributed by atoms with van der Waals surface area (Å²) >= 11 is 12.0. The van der Waals surface area contributed by atoms with Crippen LogP contribution in [0.5, 0.6) is 0 Å². The molecule has 150 valence electrons. The SMILES string of the molecule is CC(c1ccc(Cl)cc1Cl)S(=O)(=O)NC(O)c1cc2ccc(N(C)C)cc2o1. The predicted molar refractivity (Wildman–Crippen MR) is 112 cm³/mol. The van der Waals surface area contributed by atoms with Gasteiger partial charge in [-0.15, -0.1) is 0 Å². The van der Waals surface area contributed by atoms with Gasteiger partial charge < -0.3 is 14.4 Å². The third-order valence-corrected chi connectivity index (χ3v) is 6.75. The molecule has 0 radical (unpaired) electrons. The molecule has 0 bridgehead atoms. The number of nitrogens with one attached hydrogen (secondary N) is 1. The molecule has 28 heavy (non-hydrogen) atoms. The molecule has 9 heteroatoms. The van der Waals surface area contributed by atoms with Crippen LogP contribution >= 0.6 is 23.2 Å². The van der Waals surface area contributed by atoms with Gasteiger partial charge >= 0.3 is 0 Å². The summed E-state index contributed by atoms with van der Waals surface area (Å²) in [6, 6.07) is 11.7. The predicted octanol–water partition coefficient (Wildman–Crippen LogP) is 4.48. The molecule has 0 amide bonds. The monoisotopic (exact) mass is 442 g/mol. The second-order valence-electron chi connectivity index (χ2n) is 6.64. The number of fused-ring (bicyclic) bond motifs is 1. The van der Waals surface area contributed by atoms with Gasteiger partial charge in [0, 0.05) is 41.3 Å². The van der Waals surface area contributed by atoms with E-state index in [0.29, 0.717) is 16.2 Å². The third-order valence-electron chi connectivity index (χ3n) is 4.45. The Morgan fingerprint density at radius 2 is 1.82 bits per heavy atom. The molecule has 2 N–H and O–H groups in total. The number of hydrogen-bond donors (Lipinski definition) is 2. The lowest BCUT2D eigenvalue weighted by Gasteiger charge is -2.18. The van der Waals surface area contributed by atoms with E-state index in [1.54, 1.807) is 18.2 Å². The second kappa shape index (κ2) is 7.93. The van der Waals surface area contributed by atoms with Gasteiger partial charge in [0.2, 0.25) is 10.0 Å². The van der Waals surface area contributed by atoms with Crippen LogP contribution in [0.4, 0.5) is 5.69 Å². The number of sulfonamides is 1. The third kappa shape index (κ3) is 4.29. The zero-order valence-corrected chi connectivity index (χ0v) is 17.8. The molecule has 2 aromatic carbocycles. The van der Waals surface area contributed by atoms with Crippen molar-refractivity contribution in [3.05, 3.63) is 63.8 Å². The van der Waals surface area contributed by atoms with E-state index in [1.807, 2.05) is 37.2 Å². The first kappa shape index (κ1) is 21.0. The van der Waals surface area contributed by atoms with E-state index in [1.165, 1.54) is 13.0 Å². The average molecular weight is 443 g/mol. The number of furan rings is 1. The molecule has 0 aliphatic carbocycles. The van der Waals surface area contributed by atoms with Gasteiger partial charge in [-0.25, -0.2) is 8.42 Å². The highest BCUT2D eigenvalue weighted by Gasteiger charge is 2.28. The number of benzene rings is 2. The Morgan fingerprint density at radius 1 is 1.11 bits per heavy atom. The van der Waals surface area contributed by atoms with Gasteiger partial charge in [0.1, 0.15) is 11.3 Å². The van der Waals surface area contributed by atoms with Gasteiger partial charge in [-0.05, 0) is 42.8 Å². The van der Waals surface area contributed by atoms with E-state index in [-0.39, 0.29) is 10.8 Å². The van der Waals surface area contributed by atoms with Crippen molar-refractivity contribution in [3.8, 4) is 0 Å². The van der Waals surface area contributed by atoms with Crippen molar-refractivity contribution in [1.29, 1.82) is 0 Å². The van der Waals surface area contributed by atoms with Crippen molar-refractivity contribution in [3.63, 3.8) is 0 Å². The topological polar surface area (TPSA) is 82.8 Å². The maximum absolute atomic E-state index is 12.7. The van der Waals surface area contributed by atoms with Gasteiger partial charge in [0.15, 0.2) is 6.23 Å². The Balaban J connectivity index is 1.84. The molecule has 0 aliphatic heterocycles. The van der Waals surface area contributed by atoms with E-state index < -0.39 is 21.5 Å². The Labute approximate surface area is 173 Å². The van der Waals surface area contributed by atoms with E-state index in [9.17, 15) is 13.5 Å². The van der Waals surface area contributed by atoms with Gasteiger partial charge in [-0.2, -0.15) is 4.72 Å². The highest BCUT2D eigenvalue weighted by Crippen LogP contribution is 2.32. The summed E-state index contributed by atoms with van der Waals surface area (Å²) in [4.78, 5) is 1.91. The fraction of sp³-hybridized carbons (Fsp3) is 0.263. The van der Waals surface area contributed by atoms with Crippen LogP contribution in [-0.4, -0.2) is 27.6 Å². The molecular weight excluding hydrogens is 423 g/mol. The van der Waals surface area contributed by atoms with E-state index in [2.05, 4.69) is 4.72 Å². The van der Waals surface area contributed by atoms with Crippen LogP contribution in [0.2, 0.25) is 10.0 Å². The summed E-state index contributed by atoms with van der Waals surface area (Å²) in [5.74, 6) is 0.101. The summed E-state index contributed by atoms with van der Waals surface area (Å²) in [6.07, 6.45) is -1.53. The summed E-state index contributed by atoms with van der Waals surface area (Å²) in [6.45, 7) is 1.48. The summed E-state index contributed by atoms with van der Waals surface area (Å²) in [5.41, 5.74) is 1.86. The Bertz CT molecular complexity index is 1110. The van der Waals surface area contributed by atoms with Crippen LogP contribution in [0.25, 0.3) is 11.0 Å². The number of rotatable bonds is 6. The first-order chi connectivity index (χ1) is 13.1. The molecule has 2 atom stereocenters. The molecular formula is C19H20Cl2N2O4S. The zero-order valence-electron chi connectivity index (χ0n) is 15.5. The lowest BCUT2D eigenvalue weighted by Crippen LogP contribution is -2.31. The van der Waals surface area contributed by atoms with Crippen LogP contribution in [-0.2, 0) is 10.0 Å². The molecule has 0 saturated carbocycles. The molecule has 0 spiro atoms. The van der Waals surface area contributed by atoms with E-state index >= 15 is 0 Å². The van der Waals surface area contributed by atoms with Crippen LogP contribution in [0.3, 0.4) is 0 Å². The van der Waals surface area contributed by atoms with E-state index in [4.69, 9.17) is 27.6 Å². The molecule has 0 fully saturated rings. The Morgan fingerprint density at radius 3 is 2.46 bits per heavy atom. The van der Waals surface area contributed by atoms with E-state index in [0.717, 1.165) is 11.1 Å². The Kier molecular flexibility index (Phi) is 5.93. The van der Waals surface area contributed by atoms with Crippen LogP contribution in [0.1, 0.15) is 29.7 Å². The normalized spacial score (nSPS) is 14.2. The molecule has 3 aromatic rings. The minimum absolute atomic E-state index is 0.101. The first-order valence-electron chi connectivity index (χ1n) is 8.43. The molecule has 6 nitrogen and oxygen atoms in total. The number of halogens is 2. The molecule has 3 rings (SSSR count). The zero-order chi connectivity index (χ0) is 20.6. The van der Waals surface area contributed by atoms with Crippen molar-refractivity contribution in [2.24, 2.45) is 0 Å². The van der Waals surface area contributed by atoms with Crippen molar-refractivity contribution in [2.45, 2.75) is 18.4 Å². The number of aliphatic hydroxyl groups is 1. The van der Waals surface area contributed by atoms with Gasteiger partial charge in [-0.1, -0.05) is 29.3 Å². The smallest absolute Gasteiger partial charge is 0.220 e. The fourth-order valence-electron chi connectivity index (χ4n) is 2.77. The van der Waals surface area contributed by atoms with Crippen LogP contribution < -0.4 is 9.62 Å². The number of aliphatic hydroxyl groups excluding tert-OH is 1. The fourth-order valence-corrected chi connectivity index (χ4v) is 4.58.